The number of carbonyl (C=O) groups excluding carboxylic acids is 1. The second-order valence-corrected chi connectivity index (χ2v) is 9.41. The predicted molar refractivity (Wildman–Crippen MR) is 143 cm³/mol. The Morgan fingerprint density at radius 3 is 2.08 bits per heavy atom. The molecule has 0 bridgehead atoms. The maximum atomic E-state index is 13.3. The van der Waals surface area contributed by atoms with Crippen molar-refractivity contribution in [3.05, 3.63) is 106 Å². The molecule has 2 aromatic heterocycles. The van der Waals surface area contributed by atoms with E-state index in [0.29, 0.717) is 25.2 Å². The van der Waals surface area contributed by atoms with Crippen molar-refractivity contribution in [2.75, 3.05) is 31.1 Å². The van der Waals surface area contributed by atoms with Gasteiger partial charge in [0.25, 0.3) is 11.5 Å². The summed E-state index contributed by atoms with van der Waals surface area (Å²) in [6.07, 6.45) is 0.830. The van der Waals surface area contributed by atoms with Gasteiger partial charge in [0.1, 0.15) is 5.82 Å². The third kappa shape index (κ3) is 4.69. The molecule has 0 aliphatic carbocycles. The standard InChI is InChI=1S/C29H31N5O2/c1-21-5-11-26(12-6-21)34-28(35)16-15-27(30-34)31-17-4-18-32(20-19-31)29(36)24-9-13-25(14-10-24)33-22(2)7-8-23(33)3/h5-16H,4,17-20H2,1-3H3. The van der Waals surface area contributed by atoms with E-state index in [1.54, 1.807) is 12.1 Å². The Labute approximate surface area is 211 Å². The van der Waals surface area contributed by atoms with E-state index >= 15 is 0 Å². The molecule has 0 saturated carbocycles. The molecule has 1 aliphatic rings. The Morgan fingerprint density at radius 2 is 1.39 bits per heavy atom. The Hall–Kier alpha value is -4.13. The van der Waals surface area contributed by atoms with Crippen molar-refractivity contribution in [1.29, 1.82) is 0 Å². The molecular formula is C29H31N5O2. The number of hydrogen-bond acceptors (Lipinski definition) is 4. The van der Waals surface area contributed by atoms with Crippen LogP contribution in [0.2, 0.25) is 0 Å². The van der Waals surface area contributed by atoms with Crippen LogP contribution in [0.1, 0.15) is 33.7 Å². The lowest BCUT2D eigenvalue weighted by Crippen LogP contribution is -2.36. The van der Waals surface area contributed by atoms with Crippen molar-refractivity contribution in [3.63, 3.8) is 0 Å². The van der Waals surface area contributed by atoms with E-state index in [0.717, 1.165) is 35.7 Å². The van der Waals surface area contributed by atoms with E-state index in [9.17, 15) is 9.59 Å². The molecule has 5 rings (SSSR count). The number of aryl methyl sites for hydroxylation is 3. The van der Waals surface area contributed by atoms with Gasteiger partial charge in [0, 0.05) is 54.9 Å². The van der Waals surface area contributed by atoms with Crippen LogP contribution in [0.5, 0.6) is 0 Å². The highest BCUT2D eigenvalue weighted by atomic mass is 16.2. The fraction of sp³-hybridized carbons (Fsp3) is 0.276. The lowest BCUT2D eigenvalue weighted by atomic mass is 10.1. The van der Waals surface area contributed by atoms with Gasteiger partial charge in [0.2, 0.25) is 0 Å². The van der Waals surface area contributed by atoms with E-state index in [1.807, 2.05) is 60.4 Å². The molecule has 0 unspecified atom stereocenters. The zero-order valence-electron chi connectivity index (χ0n) is 21.0. The number of rotatable bonds is 4. The number of aromatic nitrogens is 3. The van der Waals surface area contributed by atoms with Gasteiger partial charge in [-0.15, -0.1) is 5.10 Å². The van der Waals surface area contributed by atoms with E-state index in [-0.39, 0.29) is 11.5 Å². The molecule has 0 spiro atoms. The highest BCUT2D eigenvalue weighted by Crippen LogP contribution is 2.19. The molecule has 184 valence electrons. The summed E-state index contributed by atoms with van der Waals surface area (Å²) in [5, 5.41) is 4.64. The van der Waals surface area contributed by atoms with Crippen LogP contribution in [0, 0.1) is 20.8 Å². The van der Waals surface area contributed by atoms with Crippen molar-refractivity contribution in [2.24, 2.45) is 0 Å². The Morgan fingerprint density at radius 1 is 0.722 bits per heavy atom. The van der Waals surface area contributed by atoms with Gasteiger partial charge in [-0.25, -0.2) is 0 Å². The summed E-state index contributed by atoms with van der Waals surface area (Å²) in [7, 11) is 0. The van der Waals surface area contributed by atoms with Crippen molar-refractivity contribution in [3.8, 4) is 11.4 Å². The van der Waals surface area contributed by atoms with Gasteiger partial charge < -0.3 is 14.4 Å². The fourth-order valence-electron chi connectivity index (χ4n) is 4.80. The molecule has 0 N–H and O–H groups in total. The summed E-state index contributed by atoms with van der Waals surface area (Å²) in [5.41, 5.74) is 5.80. The van der Waals surface area contributed by atoms with Crippen LogP contribution in [-0.2, 0) is 0 Å². The SMILES string of the molecule is Cc1ccc(-n2nc(N3CCCN(C(=O)c4ccc(-n5c(C)ccc5C)cc4)CC3)ccc2=O)cc1. The van der Waals surface area contributed by atoms with E-state index in [2.05, 4.69) is 40.5 Å². The van der Waals surface area contributed by atoms with E-state index < -0.39 is 0 Å². The molecule has 7 nitrogen and oxygen atoms in total. The fourth-order valence-corrected chi connectivity index (χ4v) is 4.80. The molecule has 0 radical (unpaired) electrons. The van der Waals surface area contributed by atoms with Gasteiger partial charge in [0.05, 0.1) is 5.69 Å². The van der Waals surface area contributed by atoms with Gasteiger partial charge in [-0.1, -0.05) is 17.7 Å². The van der Waals surface area contributed by atoms with Gasteiger partial charge in [-0.05, 0) is 81.8 Å². The molecule has 7 heteroatoms. The van der Waals surface area contributed by atoms with Crippen molar-refractivity contribution in [1.82, 2.24) is 19.2 Å². The zero-order valence-corrected chi connectivity index (χ0v) is 21.0. The zero-order chi connectivity index (χ0) is 25.2. The van der Waals surface area contributed by atoms with Crippen LogP contribution in [0.15, 0.2) is 77.6 Å². The third-order valence-corrected chi connectivity index (χ3v) is 6.82. The van der Waals surface area contributed by atoms with Crippen LogP contribution in [0.4, 0.5) is 5.82 Å². The Balaban J connectivity index is 1.29. The summed E-state index contributed by atoms with van der Waals surface area (Å²) in [4.78, 5) is 29.8. The molecule has 1 saturated heterocycles. The minimum absolute atomic E-state index is 0.0435. The highest BCUT2D eigenvalue weighted by molar-refractivity contribution is 5.94. The van der Waals surface area contributed by atoms with Crippen molar-refractivity contribution in [2.45, 2.75) is 27.2 Å². The number of benzene rings is 2. The number of anilines is 1. The van der Waals surface area contributed by atoms with Crippen molar-refractivity contribution < 1.29 is 4.79 Å². The number of amides is 1. The van der Waals surface area contributed by atoms with E-state index in [4.69, 9.17) is 0 Å². The topological polar surface area (TPSA) is 63.4 Å². The monoisotopic (exact) mass is 481 g/mol. The van der Waals surface area contributed by atoms with Crippen LogP contribution in [0.25, 0.3) is 11.4 Å². The molecule has 3 heterocycles. The summed E-state index contributed by atoms with van der Waals surface area (Å²) < 4.78 is 3.62. The maximum Gasteiger partial charge on any atom is 0.271 e. The summed E-state index contributed by atoms with van der Waals surface area (Å²) in [5.74, 6) is 0.785. The Kier molecular flexibility index (Phi) is 6.46. The molecule has 36 heavy (non-hydrogen) atoms. The highest BCUT2D eigenvalue weighted by Gasteiger charge is 2.22. The Bertz CT molecular complexity index is 1410. The predicted octanol–water partition coefficient (Wildman–Crippen LogP) is 4.30. The lowest BCUT2D eigenvalue weighted by molar-refractivity contribution is 0.0767. The average Bonchev–Trinajstić information content (AvgIpc) is 3.07. The van der Waals surface area contributed by atoms with Gasteiger partial charge in [-0.3, -0.25) is 9.59 Å². The second kappa shape index (κ2) is 9.85. The largest absolute Gasteiger partial charge is 0.353 e. The molecule has 2 aromatic carbocycles. The van der Waals surface area contributed by atoms with Crippen molar-refractivity contribution >= 4 is 11.7 Å². The van der Waals surface area contributed by atoms with Crippen LogP contribution in [-0.4, -0.2) is 51.3 Å². The first-order chi connectivity index (χ1) is 17.4. The minimum Gasteiger partial charge on any atom is -0.353 e. The van der Waals surface area contributed by atoms with Crippen LogP contribution < -0.4 is 10.5 Å². The molecule has 1 aliphatic heterocycles. The first kappa shape index (κ1) is 23.6. The first-order valence-corrected chi connectivity index (χ1v) is 12.4. The summed E-state index contributed by atoms with van der Waals surface area (Å²) >= 11 is 0. The van der Waals surface area contributed by atoms with Gasteiger partial charge >= 0.3 is 0 Å². The minimum atomic E-state index is -0.164. The van der Waals surface area contributed by atoms with Crippen LogP contribution in [0.3, 0.4) is 0 Å². The molecular weight excluding hydrogens is 450 g/mol. The summed E-state index contributed by atoms with van der Waals surface area (Å²) in [6, 6.07) is 23.1. The maximum absolute atomic E-state index is 13.3. The smallest absolute Gasteiger partial charge is 0.271 e. The number of carbonyl (C=O) groups is 1. The van der Waals surface area contributed by atoms with Gasteiger partial charge in [0.15, 0.2) is 0 Å². The molecule has 1 amide bonds. The van der Waals surface area contributed by atoms with Crippen LogP contribution >= 0.6 is 0 Å². The lowest BCUT2D eigenvalue weighted by Gasteiger charge is -2.23. The van der Waals surface area contributed by atoms with Gasteiger partial charge in [-0.2, -0.15) is 4.68 Å². The molecule has 0 atom stereocenters. The molecule has 1 fully saturated rings. The summed E-state index contributed by atoms with van der Waals surface area (Å²) in [6.45, 7) is 8.89. The molecule has 4 aromatic rings. The normalized spacial score (nSPS) is 14.1. The average molecular weight is 482 g/mol. The number of hydrogen-bond donors (Lipinski definition) is 0. The quantitative estimate of drug-likeness (QED) is 0.436. The third-order valence-electron chi connectivity index (χ3n) is 6.82. The van der Waals surface area contributed by atoms with E-state index in [1.165, 1.54) is 16.1 Å². The number of nitrogens with zero attached hydrogens (tertiary/aromatic N) is 5. The first-order valence-electron chi connectivity index (χ1n) is 12.4. The second-order valence-electron chi connectivity index (χ2n) is 9.41.